The second kappa shape index (κ2) is 9.72. The molecule has 4 nitrogen and oxygen atoms in total. The Morgan fingerprint density at radius 3 is 2.56 bits per heavy atom. The van der Waals surface area contributed by atoms with E-state index in [2.05, 4.69) is 41.6 Å². The summed E-state index contributed by atoms with van der Waals surface area (Å²) in [4.78, 5) is 12.6. The highest BCUT2D eigenvalue weighted by Gasteiger charge is 2.12. The van der Waals surface area contributed by atoms with Crippen LogP contribution in [0.15, 0.2) is 67.0 Å². The highest BCUT2D eigenvalue weighted by Crippen LogP contribution is 2.24. The van der Waals surface area contributed by atoms with Crippen LogP contribution in [0.5, 0.6) is 0 Å². The lowest BCUT2D eigenvalue weighted by molar-refractivity contribution is 0.0953. The van der Waals surface area contributed by atoms with E-state index in [4.69, 9.17) is 0 Å². The molecule has 140 valence electrons. The van der Waals surface area contributed by atoms with Gasteiger partial charge in [-0.25, -0.2) is 0 Å². The summed E-state index contributed by atoms with van der Waals surface area (Å²) in [5.74, 6) is 0.00251. The van der Waals surface area contributed by atoms with Crippen molar-refractivity contribution >= 4 is 5.91 Å². The van der Waals surface area contributed by atoms with Crippen molar-refractivity contribution in [2.24, 2.45) is 0 Å². The van der Waals surface area contributed by atoms with Gasteiger partial charge < -0.3 is 5.32 Å². The van der Waals surface area contributed by atoms with Crippen molar-refractivity contribution < 1.29 is 4.79 Å². The number of rotatable bonds is 9. The number of amides is 1. The van der Waals surface area contributed by atoms with Gasteiger partial charge in [-0.2, -0.15) is 5.10 Å². The largest absolute Gasteiger partial charge is 0.352 e. The van der Waals surface area contributed by atoms with E-state index in [0.717, 1.165) is 42.6 Å². The molecule has 2 aromatic carbocycles. The SMILES string of the molecule is CCCCCCNC(=O)c1ccccc1-c1ccc(Cn2cccn2)cc1. The predicted octanol–water partition coefficient (Wildman–Crippen LogP) is 4.91. The first-order chi connectivity index (χ1) is 13.3. The maximum atomic E-state index is 12.6. The summed E-state index contributed by atoms with van der Waals surface area (Å²) in [6.45, 7) is 3.66. The van der Waals surface area contributed by atoms with E-state index < -0.39 is 0 Å². The minimum absolute atomic E-state index is 0.00251. The minimum Gasteiger partial charge on any atom is -0.352 e. The van der Waals surface area contributed by atoms with Gasteiger partial charge in [-0.1, -0.05) is 68.7 Å². The molecule has 3 aromatic rings. The molecule has 0 saturated heterocycles. The summed E-state index contributed by atoms with van der Waals surface area (Å²) in [6, 6.07) is 18.1. The Bertz CT molecular complexity index is 838. The van der Waals surface area contributed by atoms with Crippen molar-refractivity contribution in [2.45, 2.75) is 39.2 Å². The number of carbonyl (C=O) groups is 1. The van der Waals surface area contributed by atoms with Crippen molar-refractivity contribution in [3.63, 3.8) is 0 Å². The van der Waals surface area contributed by atoms with Crippen LogP contribution in [-0.4, -0.2) is 22.2 Å². The molecular weight excluding hydrogens is 334 g/mol. The van der Waals surface area contributed by atoms with E-state index in [1.54, 1.807) is 6.20 Å². The van der Waals surface area contributed by atoms with Gasteiger partial charge in [-0.05, 0) is 35.2 Å². The monoisotopic (exact) mass is 361 g/mol. The molecule has 0 aliphatic heterocycles. The van der Waals surface area contributed by atoms with E-state index >= 15 is 0 Å². The number of benzene rings is 2. The highest BCUT2D eigenvalue weighted by atomic mass is 16.1. The predicted molar refractivity (Wildman–Crippen MR) is 110 cm³/mol. The van der Waals surface area contributed by atoms with Crippen LogP contribution in [0.1, 0.15) is 48.5 Å². The first kappa shape index (κ1) is 18.9. The molecule has 0 fully saturated rings. The number of aromatic nitrogens is 2. The van der Waals surface area contributed by atoms with Gasteiger partial charge in [0.2, 0.25) is 0 Å². The molecule has 0 radical (unpaired) electrons. The molecule has 1 N–H and O–H groups in total. The van der Waals surface area contributed by atoms with Crippen LogP contribution < -0.4 is 5.32 Å². The van der Waals surface area contributed by atoms with Gasteiger partial charge in [0.05, 0.1) is 6.54 Å². The first-order valence-electron chi connectivity index (χ1n) is 9.72. The highest BCUT2D eigenvalue weighted by molar-refractivity contribution is 6.00. The number of hydrogen-bond acceptors (Lipinski definition) is 2. The number of nitrogens with one attached hydrogen (secondary N) is 1. The first-order valence-corrected chi connectivity index (χ1v) is 9.72. The van der Waals surface area contributed by atoms with Crippen LogP contribution >= 0.6 is 0 Å². The third kappa shape index (κ3) is 5.30. The van der Waals surface area contributed by atoms with Crippen molar-refractivity contribution in [3.05, 3.63) is 78.1 Å². The summed E-state index contributed by atoms with van der Waals surface area (Å²) in [7, 11) is 0. The molecule has 0 aliphatic rings. The number of unbranched alkanes of at least 4 members (excludes halogenated alkanes) is 3. The lowest BCUT2D eigenvalue weighted by Crippen LogP contribution is -2.25. The Morgan fingerprint density at radius 1 is 1.00 bits per heavy atom. The molecule has 1 amide bonds. The molecule has 3 rings (SSSR count). The van der Waals surface area contributed by atoms with Gasteiger partial charge in [0.1, 0.15) is 0 Å². The summed E-state index contributed by atoms with van der Waals surface area (Å²) < 4.78 is 1.90. The van der Waals surface area contributed by atoms with E-state index in [9.17, 15) is 4.79 Å². The lowest BCUT2D eigenvalue weighted by Gasteiger charge is -2.11. The van der Waals surface area contributed by atoms with Gasteiger partial charge in [0.15, 0.2) is 0 Å². The third-order valence-corrected chi connectivity index (χ3v) is 4.66. The summed E-state index contributed by atoms with van der Waals surface area (Å²) >= 11 is 0. The normalized spacial score (nSPS) is 10.7. The molecule has 0 unspecified atom stereocenters. The zero-order valence-electron chi connectivity index (χ0n) is 15.9. The quantitative estimate of drug-likeness (QED) is 0.551. The molecule has 0 aliphatic carbocycles. The van der Waals surface area contributed by atoms with Crippen LogP contribution in [0.4, 0.5) is 0 Å². The standard InChI is InChI=1S/C23H27N3O/c1-2-3-4-7-15-24-23(27)22-10-6-5-9-21(22)20-13-11-19(12-14-20)18-26-17-8-16-25-26/h5-6,8-14,16-17H,2-4,7,15,18H2,1H3,(H,24,27). The minimum atomic E-state index is 0.00251. The summed E-state index contributed by atoms with van der Waals surface area (Å²) in [5, 5.41) is 7.30. The van der Waals surface area contributed by atoms with Gasteiger partial charge in [0.25, 0.3) is 5.91 Å². The molecule has 0 bridgehead atoms. The zero-order valence-corrected chi connectivity index (χ0v) is 15.9. The second-order valence-corrected chi connectivity index (χ2v) is 6.76. The van der Waals surface area contributed by atoms with Crippen molar-refractivity contribution in [1.82, 2.24) is 15.1 Å². The van der Waals surface area contributed by atoms with Gasteiger partial charge in [0, 0.05) is 24.5 Å². The third-order valence-electron chi connectivity index (χ3n) is 4.66. The number of carbonyl (C=O) groups excluding carboxylic acids is 1. The smallest absolute Gasteiger partial charge is 0.251 e. The average molecular weight is 361 g/mol. The topological polar surface area (TPSA) is 46.9 Å². The lowest BCUT2D eigenvalue weighted by atomic mass is 9.98. The van der Waals surface area contributed by atoms with Crippen molar-refractivity contribution in [3.8, 4) is 11.1 Å². The molecule has 0 spiro atoms. The second-order valence-electron chi connectivity index (χ2n) is 6.76. The molecular formula is C23H27N3O. The van der Waals surface area contributed by atoms with Crippen LogP contribution in [-0.2, 0) is 6.54 Å². The molecule has 1 heterocycles. The Labute approximate surface area is 161 Å². The summed E-state index contributed by atoms with van der Waals surface area (Å²) in [5.41, 5.74) is 3.93. The van der Waals surface area contributed by atoms with Crippen LogP contribution in [0, 0.1) is 0 Å². The molecule has 27 heavy (non-hydrogen) atoms. The molecule has 1 aromatic heterocycles. The van der Waals surface area contributed by atoms with Crippen LogP contribution in [0.25, 0.3) is 11.1 Å². The Balaban J connectivity index is 1.68. The summed E-state index contributed by atoms with van der Waals surface area (Å²) in [6.07, 6.45) is 8.35. The number of hydrogen-bond donors (Lipinski definition) is 1. The van der Waals surface area contributed by atoms with Gasteiger partial charge in [-0.15, -0.1) is 0 Å². The average Bonchev–Trinajstić information content (AvgIpc) is 3.21. The Kier molecular flexibility index (Phi) is 6.80. The molecule has 4 heteroatoms. The number of nitrogens with zero attached hydrogens (tertiary/aromatic N) is 2. The zero-order chi connectivity index (χ0) is 18.9. The van der Waals surface area contributed by atoms with Gasteiger partial charge in [-0.3, -0.25) is 9.48 Å². The van der Waals surface area contributed by atoms with E-state index in [0.29, 0.717) is 0 Å². The fourth-order valence-electron chi connectivity index (χ4n) is 3.15. The fourth-order valence-corrected chi connectivity index (χ4v) is 3.15. The molecule has 0 atom stereocenters. The van der Waals surface area contributed by atoms with Crippen LogP contribution in [0.2, 0.25) is 0 Å². The Hall–Kier alpha value is -2.88. The fraction of sp³-hybridized carbons (Fsp3) is 0.304. The van der Waals surface area contributed by atoms with E-state index in [1.165, 1.54) is 18.4 Å². The van der Waals surface area contributed by atoms with Crippen molar-refractivity contribution in [2.75, 3.05) is 6.54 Å². The molecule has 0 saturated carbocycles. The van der Waals surface area contributed by atoms with E-state index in [1.807, 2.05) is 41.2 Å². The Morgan fingerprint density at radius 2 is 1.81 bits per heavy atom. The van der Waals surface area contributed by atoms with E-state index in [-0.39, 0.29) is 5.91 Å². The van der Waals surface area contributed by atoms with Gasteiger partial charge >= 0.3 is 0 Å². The maximum absolute atomic E-state index is 12.6. The van der Waals surface area contributed by atoms with Crippen LogP contribution in [0.3, 0.4) is 0 Å². The maximum Gasteiger partial charge on any atom is 0.251 e. The van der Waals surface area contributed by atoms with Crippen molar-refractivity contribution in [1.29, 1.82) is 0 Å².